The zero-order chi connectivity index (χ0) is 19.2. The molecule has 2 aromatic rings. The van der Waals surface area contributed by atoms with Crippen LogP contribution in [0.5, 0.6) is 11.5 Å². The Morgan fingerprint density at radius 2 is 1.67 bits per heavy atom. The molecule has 0 atom stereocenters. The number of amides is 1. The first-order valence-corrected chi connectivity index (χ1v) is 9.18. The summed E-state index contributed by atoms with van der Waals surface area (Å²) in [6.07, 6.45) is 1.79. The Labute approximate surface area is 166 Å². The van der Waals surface area contributed by atoms with E-state index in [-0.39, 0.29) is 11.0 Å². The van der Waals surface area contributed by atoms with Gasteiger partial charge in [0.2, 0.25) is 0 Å². The molecule has 1 aliphatic rings. The standard InChI is InChI=1S/C19H17N3O3S2/c1-24-14-7-3-12(4-8-14)11-16-17(23)21-19(27-16)22-18(26)20-13-5-9-15(25-2)10-6-13/h3-11H,1-2H3,(H2,20,21,22,23,26)/b16-11+. The van der Waals surface area contributed by atoms with Crippen LogP contribution in [0.2, 0.25) is 0 Å². The molecule has 1 amide bonds. The quantitative estimate of drug-likeness (QED) is 0.604. The molecule has 0 unspecified atom stereocenters. The number of thiocarbonyl (C=S) groups is 1. The molecule has 0 aliphatic carbocycles. The number of rotatable bonds is 4. The number of anilines is 1. The number of methoxy groups -OCH3 is 2. The van der Waals surface area contributed by atoms with Gasteiger partial charge in [0.15, 0.2) is 10.3 Å². The number of hydrogen-bond donors (Lipinski definition) is 2. The van der Waals surface area contributed by atoms with E-state index in [1.165, 1.54) is 11.8 Å². The second-order valence-corrected chi connectivity index (χ2v) is 6.83. The number of hydrogen-bond acceptors (Lipinski definition) is 5. The van der Waals surface area contributed by atoms with Gasteiger partial charge in [0.05, 0.1) is 19.1 Å². The molecule has 2 aromatic carbocycles. The van der Waals surface area contributed by atoms with Crippen molar-refractivity contribution in [3.63, 3.8) is 0 Å². The molecule has 1 aliphatic heterocycles. The first-order chi connectivity index (χ1) is 13.1. The number of nitrogens with one attached hydrogen (secondary N) is 2. The van der Waals surface area contributed by atoms with Crippen molar-refractivity contribution in [2.24, 2.45) is 4.99 Å². The minimum absolute atomic E-state index is 0.207. The molecule has 0 radical (unpaired) electrons. The fourth-order valence-corrected chi connectivity index (χ4v) is 3.34. The van der Waals surface area contributed by atoms with Crippen LogP contribution in [-0.4, -0.2) is 30.4 Å². The van der Waals surface area contributed by atoms with Crippen LogP contribution in [0.1, 0.15) is 5.56 Å². The molecule has 1 saturated heterocycles. The first-order valence-electron chi connectivity index (χ1n) is 7.96. The van der Waals surface area contributed by atoms with Crippen LogP contribution in [0.4, 0.5) is 5.69 Å². The number of ether oxygens (including phenoxy) is 2. The number of nitrogens with zero attached hydrogens (tertiary/aromatic N) is 1. The molecule has 8 heteroatoms. The van der Waals surface area contributed by atoms with Gasteiger partial charge in [-0.1, -0.05) is 12.1 Å². The lowest BCUT2D eigenvalue weighted by Crippen LogP contribution is -2.21. The van der Waals surface area contributed by atoms with Gasteiger partial charge < -0.3 is 20.1 Å². The zero-order valence-electron chi connectivity index (χ0n) is 14.7. The largest absolute Gasteiger partial charge is 0.497 e. The first kappa shape index (κ1) is 18.9. The summed E-state index contributed by atoms with van der Waals surface area (Å²) in [5.74, 6) is 1.31. The van der Waals surface area contributed by atoms with Gasteiger partial charge in [0.25, 0.3) is 5.91 Å². The van der Waals surface area contributed by atoms with Gasteiger partial charge in [-0.05, 0) is 72.0 Å². The monoisotopic (exact) mass is 399 g/mol. The van der Waals surface area contributed by atoms with E-state index in [9.17, 15) is 4.79 Å². The van der Waals surface area contributed by atoms with E-state index in [1.807, 2.05) is 48.5 Å². The van der Waals surface area contributed by atoms with E-state index in [4.69, 9.17) is 21.7 Å². The molecule has 0 bridgehead atoms. The Balaban J connectivity index is 1.66. The summed E-state index contributed by atoms with van der Waals surface area (Å²) < 4.78 is 10.2. The molecule has 6 nitrogen and oxygen atoms in total. The summed E-state index contributed by atoms with van der Waals surface area (Å²) in [6.45, 7) is 0. The minimum Gasteiger partial charge on any atom is -0.497 e. The highest BCUT2D eigenvalue weighted by atomic mass is 32.2. The van der Waals surface area contributed by atoms with Gasteiger partial charge in [-0.25, -0.2) is 0 Å². The van der Waals surface area contributed by atoms with Crippen molar-refractivity contribution in [2.45, 2.75) is 0 Å². The topological polar surface area (TPSA) is 71.9 Å². The fourth-order valence-electron chi connectivity index (χ4n) is 2.25. The molecule has 0 saturated carbocycles. The molecule has 138 valence electrons. The van der Waals surface area contributed by atoms with Crippen LogP contribution in [-0.2, 0) is 4.79 Å². The number of benzene rings is 2. The van der Waals surface area contributed by atoms with Crippen molar-refractivity contribution >= 4 is 51.9 Å². The lowest BCUT2D eigenvalue weighted by atomic mass is 10.2. The highest BCUT2D eigenvalue weighted by molar-refractivity contribution is 8.18. The number of amidine groups is 1. The normalized spacial score (nSPS) is 16.3. The van der Waals surface area contributed by atoms with E-state index < -0.39 is 0 Å². The molecular formula is C19H17N3O3S2. The van der Waals surface area contributed by atoms with Crippen molar-refractivity contribution in [3.8, 4) is 11.5 Å². The summed E-state index contributed by atoms with van der Waals surface area (Å²) in [5.41, 5.74) is 1.68. The number of carbonyl (C=O) groups excluding carboxylic acids is 1. The third kappa shape index (κ3) is 5.08. The Bertz CT molecular complexity index is 907. The molecular weight excluding hydrogens is 382 g/mol. The van der Waals surface area contributed by atoms with Crippen molar-refractivity contribution in [3.05, 3.63) is 59.0 Å². The van der Waals surface area contributed by atoms with Crippen molar-refractivity contribution < 1.29 is 14.3 Å². The summed E-state index contributed by atoms with van der Waals surface area (Å²) in [4.78, 5) is 16.9. The van der Waals surface area contributed by atoms with Gasteiger partial charge in [-0.2, -0.15) is 4.99 Å². The van der Waals surface area contributed by atoms with E-state index in [0.29, 0.717) is 10.1 Å². The Morgan fingerprint density at radius 1 is 1.07 bits per heavy atom. The molecule has 3 rings (SSSR count). The second-order valence-electron chi connectivity index (χ2n) is 5.41. The molecule has 0 spiro atoms. The van der Waals surface area contributed by atoms with E-state index in [2.05, 4.69) is 15.6 Å². The van der Waals surface area contributed by atoms with Crippen molar-refractivity contribution in [1.29, 1.82) is 0 Å². The Hall–Kier alpha value is -2.84. The van der Waals surface area contributed by atoms with E-state index >= 15 is 0 Å². The Morgan fingerprint density at radius 3 is 2.26 bits per heavy atom. The van der Waals surface area contributed by atoms with Crippen LogP contribution in [0, 0.1) is 0 Å². The number of aliphatic imine (C=N–C) groups is 1. The van der Waals surface area contributed by atoms with Gasteiger partial charge >= 0.3 is 0 Å². The number of thioether (sulfide) groups is 1. The summed E-state index contributed by atoms with van der Waals surface area (Å²) in [6, 6.07) is 14.7. The molecule has 1 heterocycles. The van der Waals surface area contributed by atoms with Crippen LogP contribution < -0.4 is 20.1 Å². The zero-order valence-corrected chi connectivity index (χ0v) is 16.3. The molecule has 0 aromatic heterocycles. The maximum absolute atomic E-state index is 12.1. The van der Waals surface area contributed by atoms with Crippen molar-refractivity contribution in [1.82, 2.24) is 5.32 Å². The van der Waals surface area contributed by atoms with Gasteiger partial charge in [-0.3, -0.25) is 4.79 Å². The highest BCUT2D eigenvalue weighted by Gasteiger charge is 2.24. The molecule has 1 fully saturated rings. The predicted octanol–water partition coefficient (Wildman–Crippen LogP) is 3.66. The van der Waals surface area contributed by atoms with Crippen LogP contribution in [0.3, 0.4) is 0 Å². The predicted molar refractivity (Wildman–Crippen MR) is 113 cm³/mol. The van der Waals surface area contributed by atoms with E-state index in [1.54, 1.807) is 20.3 Å². The summed E-state index contributed by atoms with van der Waals surface area (Å²) >= 11 is 6.48. The summed E-state index contributed by atoms with van der Waals surface area (Å²) in [7, 11) is 3.22. The van der Waals surface area contributed by atoms with Crippen molar-refractivity contribution in [2.75, 3.05) is 19.5 Å². The minimum atomic E-state index is -0.207. The SMILES string of the molecule is COc1ccc(/C=C2/S/C(=N/C(=S)Nc3ccc(OC)cc3)NC2=O)cc1. The van der Waals surface area contributed by atoms with Crippen LogP contribution in [0.15, 0.2) is 58.4 Å². The van der Waals surface area contributed by atoms with Gasteiger partial charge in [0.1, 0.15) is 11.5 Å². The second kappa shape index (κ2) is 8.70. The maximum atomic E-state index is 12.1. The lowest BCUT2D eigenvalue weighted by molar-refractivity contribution is -0.115. The van der Waals surface area contributed by atoms with Gasteiger partial charge in [0, 0.05) is 5.69 Å². The van der Waals surface area contributed by atoms with E-state index in [0.717, 1.165) is 22.7 Å². The lowest BCUT2D eigenvalue weighted by Gasteiger charge is -2.05. The fraction of sp³-hybridized carbons (Fsp3) is 0.105. The average molecular weight is 399 g/mol. The average Bonchev–Trinajstić information content (AvgIpc) is 3.01. The molecule has 27 heavy (non-hydrogen) atoms. The van der Waals surface area contributed by atoms with Gasteiger partial charge in [-0.15, -0.1) is 0 Å². The number of carbonyl (C=O) groups is 1. The maximum Gasteiger partial charge on any atom is 0.264 e. The third-order valence-corrected chi connectivity index (χ3v) is 4.71. The molecule has 2 N–H and O–H groups in total. The summed E-state index contributed by atoms with van der Waals surface area (Å²) in [5, 5.41) is 6.41. The highest BCUT2D eigenvalue weighted by Crippen LogP contribution is 2.26. The Kier molecular flexibility index (Phi) is 6.10. The van der Waals surface area contributed by atoms with Crippen LogP contribution >= 0.6 is 24.0 Å². The smallest absolute Gasteiger partial charge is 0.264 e. The van der Waals surface area contributed by atoms with Crippen LogP contribution in [0.25, 0.3) is 6.08 Å². The third-order valence-electron chi connectivity index (χ3n) is 3.61.